The molecule has 0 bridgehead atoms. The summed E-state index contributed by atoms with van der Waals surface area (Å²) in [5.41, 5.74) is 17.2. The Labute approximate surface area is 201 Å². The molecule has 0 saturated carbocycles. The zero-order valence-corrected chi connectivity index (χ0v) is 19.2. The number of carbonyl (C=O) groups is 1. The molecule has 0 aliphatic heterocycles. The highest BCUT2D eigenvalue weighted by Gasteiger charge is 2.23. The minimum Gasteiger partial charge on any atom is -0.456 e. The van der Waals surface area contributed by atoms with Crippen LogP contribution in [0.4, 0.5) is 17.2 Å². The van der Waals surface area contributed by atoms with Crippen LogP contribution in [0.1, 0.15) is 36.7 Å². The molecule has 1 aromatic heterocycles. The molecule has 0 radical (unpaired) electrons. The first-order valence-electron chi connectivity index (χ1n) is 10.2. The summed E-state index contributed by atoms with van der Waals surface area (Å²) < 4.78 is 17.0. The lowest BCUT2D eigenvalue weighted by atomic mass is 10.1. The number of nitrogens with two attached hydrogens (primary N) is 3. The average molecular weight is 476 g/mol. The van der Waals surface area contributed by atoms with Gasteiger partial charge in [0.1, 0.15) is 22.6 Å². The maximum absolute atomic E-state index is 12.7. The quantitative estimate of drug-likeness (QED) is 0.198. The van der Waals surface area contributed by atoms with Crippen molar-refractivity contribution < 1.29 is 19.0 Å². The summed E-state index contributed by atoms with van der Waals surface area (Å²) in [5.74, 6) is -1.08. The molecule has 1 heterocycles. The van der Waals surface area contributed by atoms with Gasteiger partial charge < -0.3 is 36.7 Å². The number of benzene rings is 2. The smallest absolute Gasteiger partial charge is 0.342 e. The van der Waals surface area contributed by atoms with Gasteiger partial charge in [0.05, 0.1) is 17.3 Å². The van der Waals surface area contributed by atoms with E-state index in [1.165, 1.54) is 18.2 Å². The van der Waals surface area contributed by atoms with E-state index >= 15 is 0 Å². The molecule has 0 atom stereocenters. The first-order chi connectivity index (χ1) is 16.5. The maximum atomic E-state index is 12.7. The number of carbonyl (C=O) groups excluding carboxylic acids is 1. The Bertz CT molecular complexity index is 1330. The van der Waals surface area contributed by atoms with Crippen molar-refractivity contribution in [2.45, 2.75) is 26.4 Å². The average Bonchev–Trinajstić information content (AvgIpc) is 2.76. The number of guanidine groups is 1. The van der Waals surface area contributed by atoms with Crippen LogP contribution in [-0.2, 0) is 4.74 Å². The van der Waals surface area contributed by atoms with Gasteiger partial charge in [-0.25, -0.2) is 4.79 Å². The summed E-state index contributed by atoms with van der Waals surface area (Å²) in [5, 5.41) is 19.4. The lowest BCUT2D eigenvalue weighted by Gasteiger charge is -2.20. The number of ether oxygens (including phenoxy) is 3. The lowest BCUT2D eigenvalue weighted by molar-refractivity contribution is 0.00671. The van der Waals surface area contributed by atoms with Crippen LogP contribution >= 0.6 is 0 Å². The summed E-state index contributed by atoms with van der Waals surface area (Å²) in [6, 6.07) is 12.6. The van der Waals surface area contributed by atoms with E-state index < -0.39 is 11.6 Å². The normalized spacial score (nSPS) is 10.7. The van der Waals surface area contributed by atoms with Gasteiger partial charge in [-0.3, -0.25) is 5.41 Å². The van der Waals surface area contributed by atoms with Crippen LogP contribution in [0, 0.1) is 16.7 Å². The molecule has 12 nitrogen and oxygen atoms in total. The third-order valence-corrected chi connectivity index (χ3v) is 4.21. The van der Waals surface area contributed by atoms with E-state index in [9.17, 15) is 10.1 Å². The van der Waals surface area contributed by atoms with Crippen LogP contribution in [0.5, 0.6) is 23.4 Å². The molecule has 0 unspecified atom stereocenters. The molecule has 0 aliphatic carbocycles. The molecule has 180 valence electrons. The highest BCUT2D eigenvalue weighted by atomic mass is 16.6. The monoisotopic (exact) mass is 476 g/mol. The second-order valence-electron chi connectivity index (χ2n) is 8.17. The predicted molar refractivity (Wildman–Crippen MR) is 129 cm³/mol. The largest absolute Gasteiger partial charge is 0.456 e. The molecule has 0 aliphatic rings. The van der Waals surface area contributed by atoms with Crippen molar-refractivity contribution in [1.82, 2.24) is 9.97 Å². The molecular formula is C23H24N8O4. The molecule has 35 heavy (non-hydrogen) atoms. The van der Waals surface area contributed by atoms with Crippen molar-refractivity contribution >= 4 is 29.1 Å². The van der Waals surface area contributed by atoms with Crippen LogP contribution in [0.3, 0.4) is 0 Å². The van der Waals surface area contributed by atoms with Gasteiger partial charge in [-0.2, -0.15) is 15.2 Å². The van der Waals surface area contributed by atoms with Crippen molar-refractivity contribution in [3.8, 4) is 29.5 Å². The second kappa shape index (κ2) is 9.84. The van der Waals surface area contributed by atoms with Crippen molar-refractivity contribution in [3.05, 3.63) is 53.6 Å². The zero-order valence-electron chi connectivity index (χ0n) is 19.2. The molecule has 0 fully saturated rings. The first-order valence-corrected chi connectivity index (χ1v) is 10.2. The van der Waals surface area contributed by atoms with Gasteiger partial charge in [0, 0.05) is 0 Å². The SMILES string of the molecule is CC(C)(C)OC(=O)c1ccc(C#N)cc1Oc1nc(Oc2ccccc2NC(=N)N)nc(N)c1N. The Morgan fingerprint density at radius 2 is 1.80 bits per heavy atom. The fourth-order valence-electron chi connectivity index (χ4n) is 2.75. The minimum absolute atomic E-state index is 0.0207. The Balaban J connectivity index is 2.00. The summed E-state index contributed by atoms with van der Waals surface area (Å²) in [6.45, 7) is 5.17. The molecule has 0 amide bonds. The van der Waals surface area contributed by atoms with Gasteiger partial charge in [-0.05, 0) is 51.1 Å². The lowest BCUT2D eigenvalue weighted by Crippen LogP contribution is -2.24. The van der Waals surface area contributed by atoms with Crippen molar-refractivity contribution in [3.63, 3.8) is 0 Å². The van der Waals surface area contributed by atoms with Crippen molar-refractivity contribution in [2.75, 3.05) is 16.8 Å². The molecule has 0 saturated heterocycles. The number of nitriles is 1. The van der Waals surface area contributed by atoms with Gasteiger partial charge >= 0.3 is 12.0 Å². The van der Waals surface area contributed by atoms with E-state index in [0.29, 0.717) is 5.69 Å². The summed E-state index contributed by atoms with van der Waals surface area (Å²) >= 11 is 0. The number of rotatable bonds is 6. The molecule has 3 aromatic rings. The minimum atomic E-state index is -0.761. The Hall–Kier alpha value is -5.05. The number of nitrogens with zero attached hydrogens (tertiary/aromatic N) is 3. The zero-order chi connectivity index (χ0) is 25.8. The Morgan fingerprint density at radius 1 is 1.09 bits per heavy atom. The fourth-order valence-corrected chi connectivity index (χ4v) is 2.75. The van der Waals surface area contributed by atoms with Gasteiger partial charge in [0.15, 0.2) is 17.5 Å². The number of nitrogens with one attached hydrogen (secondary N) is 2. The van der Waals surface area contributed by atoms with Crippen molar-refractivity contribution in [2.24, 2.45) is 5.73 Å². The number of aromatic nitrogens is 2. The summed E-state index contributed by atoms with van der Waals surface area (Å²) in [7, 11) is 0. The molecule has 0 spiro atoms. The molecule has 12 heteroatoms. The van der Waals surface area contributed by atoms with E-state index in [2.05, 4.69) is 15.3 Å². The molecular weight excluding hydrogens is 452 g/mol. The van der Waals surface area contributed by atoms with E-state index in [1.807, 2.05) is 6.07 Å². The first kappa shape index (κ1) is 24.6. The standard InChI is InChI=1S/C23H24N8O4/c1-23(2,3)35-20(32)13-9-8-12(11-24)10-16(13)33-19-17(25)18(26)30-22(31-19)34-15-7-5-4-6-14(15)29-21(27)28/h4-10H,25H2,1-3H3,(H2,26,30,31)(H4,27,28,29). The van der Waals surface area contributed by atoms with Crippen molar-refractivity contribution in [1.29, 1.82) is 10.7 Å². The van der Waals surface area contributed by atoms with Crippen LogP contribution in [-0.4, -0.2) is 27.5 Å². The van der Waals surface area contributed by atoms with E-state index in [1.54, 1.807) is 45.0 Å². The van der Waals surface area contributed by atoms with E-state index in [0.717, 1.165) is 0 Å². The maximum Gasteiger partial charge on any atom is 0.342 e. The van der Waals surface area contributed by atoms with E-state index in [-0.39, 0.29) is 52.0 Å². The third-order valence-electron chi connectivity index (χ3n) is 4.21. The number of hydrogen-bond acceptors (Lipinski definition) is 10. The van der Waals surface area contributed by atoms with Crippen LogP contribution in [0.25, 0.3) is 0 Å². The number of hydrogen-bond donors (Lipinski definition) is 5. The van der Waals surface area contributed by atoms with Gasteiger partial charge in [-0.1, -0.05) is 12.1 Å². The highest BCUT2D eigenvalue weighted by molar-refractivity contribution is 5.93. The Morgan fingerprint density at radius 3 is 2.46 bits per heavy atom. The van der Waals surface area contributed by atoms with Crippen LogP contribution < -0.4 is 32.0 Å². The van der Waals surface area contributed by atoms with E-state index in [4.69, 9.17) is 36.8 Å². The number of nitrogen functional groups attached to an aromatic ring is 2. The predicted octanol–water partition coefficient (Wildman–Crippen LogP) is 3.36. The van der Waals surface area contributed by atoms with Crippen LogP contribution in [0.2, 0.25) is 0 Å². The van der Waals surface area contributed by atoms with Gasteiger partial charge in [-0.15, -0.1) is 0 Å². The fraction of sp³-hybridized carbons (Fsp3) is 0.174. The summed E-state index contributed by atoms with van der Waals surface area (Å²) in [4.78, 5) is 20.9. The molecule has 3 rings (SSSR count). The number of para-hydroxylation sites is 2. The Kier molecular flexibility index (Phi) is 6.91. The second-order valence-corrected chi connectivity index (χ2v) is 8.17. The number of esters is 1. The number of anilines is 3. The summed E-state index contributed by atoms with van der Waals surface area (Å²) in [6.07, 6.45) is 0. The topological polar surface area (TPSA) is 208 Å². The van der Waals surface area contributed by atoms with Gasteiger partial charge in [0.25, 0.3) is 5.88 Å². The molecule has 2 aromatic carbocycles. The highest BCUT2D eigenvalue weighted by Crippen LogP contribution is 2.35. The van der Waals surface area contributed by atoms with Crippen LogP contribution in [0.15, 0.2) is 42.5 Å². The molecule has 8 N–H and O–H groups in total. The van der Waals surface area contributed by atoms with Gasteiger partial charge in [0.2, 0.25) is 0 Å². The third kappa shape index (κ3) is 6.26.